The minimum atomic E-state index is -0.331. The average Bonchev–Trinajstić information content (AvgIpc) is 2.90. The van der Waals surface area contributed by atoms with Crippen molar-refractivity contribution in [1.29, 1.82) is 0 Å². The number of carbonyl (C=O) groups is 1. The van der Waals surface area contributed by atoms with Crippen LogP contribution in [0.2, 0.25) is 0 Å². The molecule has 124 valence electrons. The Hall–Kier alpha value is -3.14. The van der Waals surface area contributed by atoms with Crippen molar-refractivity contribution < 1.29 is 14.3 Å². The van der Waals surface area contributed by atoms with Crippen LogP contribution in [0.3, 0.4) is 0 Å². The number of halogens is 1. The Morgan fingerprint density at radius 3 is 2.32 bits per heavy atom. The first-order chi connectivity index (χ1) is 12.1. The van der Waals surface area contributed by atoms with E-state index in [1.54, 1.807) is 29.2 Å². The zero-order chi connectivity index (χ0) is 17.4. The fraction of sp³-hybridized carbons (Fsp3) is 0.0952. The molecule has 0 saturated heterocycles. The molecule has 0 bridgehead atoms. The van der Waals surface area contributed by atoms with Gasteiger partial charge in [-0.25, -0.2) is 4.39 Å². The highest BCUT2D eigenvalue weighted by atomic mass is 19.1. The predicted octanol–water partition coefficient (Wildman–Crippen LogP) is 4.48. The van der Waals surface area contributed by atoms with E-state index in [4.69, 9.17) is 0 Å². The summed E-state index contributed by atoms with van der Waals surface area (Å²) < 4.78 is 13.3. The summed E-state index contributed by atoms with van der Waals surface area (Å²) in [6, 6.07) is 20.4. The summed E-state index contributed by atoms with van der Waals surface area (Å²) in [5, 5.41) is 9.47. The normalized spacial score (nSPS) is 16.1. The van der Waals surface area contributed by atoms with Gasteiger partial charge in [0.25, 0.3) is 5.91 Å². The molecule has 1 N–H and O–H groups in total. The Labute approximate surface area is 145 Å². The fourth-order valence-electron chi connectivity index (χ4n) is 3.35. The van der Waals surface area contributed by atoms with E-state index in [1.165, 1.54) is 12.1 Å². The summed E-state index contributed by atoms with van der Waals surface area (Å²) in [6.07, 6.45) is 0.612. The van der Waals surface area contributed by atoms with Gasteiger partial charge in [-0.15, -0.1) is 0 Å². The molecular weight excluding hydrogens is 317 g/mol. The minimum absolute atomic E-state index is 0.0778. The molecule has 1 heterocycles. The Morgan fingerprint density at radius 2 is 1.60 bits per heavy atom. The molecule has 1 unspecified atom stereocenters. The molecule has 3 aromatic carbocycles. The molecule has 1 atom stereocenters. The van der Waals surface area contributed by atoms with Crippen LogP contribution >= 0.6 is 0 Å². The van der Waals surface area contributed by atoms with Gasteiger partial charge >= 0.3 is 0 Å². The molecule has 0 radical (unpaired) electrons. The molecule has 1 amide bonds. The van der Waals surface area contributed by atoms with Crippen LogP contribution < -0.4 is 4.90 Å². The SMILES string of the molecule is O=C1c2ccccc2C(Cc2ccc(O)cc2)N1c1ccc(F)cc1. The van der Waals surface area contributed by atoms with Gasteiger partial charge in [-0.2, -0.15) is 0 Å². The standard InChI is InChI=1S/C21H16FNO2/c22-15-7-9-16(10-8-15)23-20(13-14-5-11-17(24)12-6-14)18-3-1-2-4-19(18)21(23)25/h1-12,20,24H,13H2. The van der Waals surface area contributed by atoms with E-state index in [2.05, 4.69) is 0 Å². The van der Waals surface area contributed by atoms with Crippen molar-refractivity contribution in [2.45, 2.75) is 12.5 Å². The Balaban J connectivity index is 1.77. The van der Waals surface area contributed by atoms with Gasteiger partial charge in [-0.05, 0) is 60.0 Å². The lowest BCUT2D eigenvalue weighted by atomic mass is 9.98. The van der Waals surface area contributed by atoms with Gasteiger partial charge < -0.3 is 10.0 Å². The number of amides is 1. The van der Waals surface area contributed by atoms with Crippen molar-refractivity contribution in [3.63, 3.8) is 0 Å². The van der Waals surface area contributed by atoms with Crippen LogP contribution in [0.1, 0.15) is 27.5 Å². The quantitative estimate of drug-likeness (QED) is 0.768. The maximum Gasteiger partial charge on any atom is 0.259 e. The van der Waals surface area contributed by atoms with E-state index in [0.717, 1.165) is 11.1 Å². The number of benzene rings is 3. The molecule has 4 rings (SSSR count). The van der Waals surface area contributed by atoms with Gasteiger partial charge in [0.2, 0.25) is 0 Å². The number of phenols is 1. The van der Waals surface area contributed by atoms with Gasteiger partial charge in [0.05, 0.1) is 6.04 Å². The van der Waals surface area contributed by atoms with Crippen LogP contribution in [-0.4, -0.2) is 11.0 Å². The second-order valence-electron chi connectivity index (χ2n) is 6.13. The first kappa shape index (κ1) is 15.4. The molecule has 3 aromatic rings. The maximum atomic E-state index is 13.3. The van der Waals surface area contributed by atoms with Crippen molar-refractivity contribution in [2.24, 2.45) is 0 Å². The third-order valence-electron chi connectivity index (χ3n) is 4.55. The largest absolute Gasteiger partial charge is 0.508 e. The average molecular weight is 333 g/mol. The number of aromatic hydroxyl groups is 1. The lowest BCUT2D eigenvalue weighted by Crippen LogP contribution is -2.29. The Morgan fingerprint density at radius 1 is 0.920 bits per heavy atom. The summed E-state index contributed by atoms with van der Waals surface area (Å²) in [5.41, 5.74) is 3.33. The lowest BCUT2D eigenvalue weighted by Gasteiger charge is -2.26. The zero-order valence-corrected chi connectivity index (χ0v) is 13.4. The highest BCUT2D eigenvalue weighted by Crippen LogP contribution is 2.39. The van der Waals surface area contributed by atoms with Crippen LogP contribution in [0.25, 0.3) is 0 Å². The van der Waals surface area contributed by atoms with Gasteiger partial charge in [0.15, 0.2) is 0 Å². The molecule has 0 saturated carbocycles. The third kappa shape index (κ3) is 2.76. The molecule has 1 aliphatic heterocycles. The monoisotopic (exact) mass is 333 g/mol. The topological polar surface area (TPSA) is 40.5 Å². The van der Waals surface area contributed by atoms with Crippen LogP contribution in [0.4, 0.5) is 10.1 Å². The van der Waals surface area contributed by atoms with Crippen LogP contribution in [-0.2, 0) is 6.42 Å². The van der Waals surface area contributed by atoms with E-state index >= 15 is 0 Å². The molecule has 0 aromatic heterocycles. The summed E-state index contributed by atoms with van der Waals surface area (Å²) in [7, 11) is 0. The van der Waals surface area contributed by atoms with Crippen molar-refractivity contribution in [3.05, 3.63) is 95.3 Å². The molecule has 0 spiro atoms. The molecule has 0 fully saturated rings. The Kier molecular flexibility index (Phi) is 3.73. The van der Waals surface area contributed by atoms with Crippen molar-refractivity contribution >= 4 is 11.6 Å². The number of anilines is 1. The fourth-order valence-corrected chi connectivity index (χ4v) is 3.35. The van der Waals surface area contributed by atoms with E-state index in [9.17, 15) is 14.3 Å². The van der Waals surface area contributed by atoms with E-state index in [-0.39, 0.29) is 23.5 Å². The van der Waals surface area contributed by atoms with Gasteiger partial charge in [0, 0.05) is 11.3 Å². The number of fused-ring (bicyclic) bond motifs is 1. The van der Waals surface area contributed by atoms with Crippen LogP contribution in [0.15, 0.2) is 72.8 Å². The van der Waals surface area contributed by atoms with Gasteiger partial charge in [-0.3, -0.25) is 4.79 Å². The number of hydrogen-bond donors (Lipinski definition) is 1. The number of carbonyl (C=O) groups excluding carboxylic acids is 1. The van der Waals surface area contributed by atoms with Crippen molar-refractivity contribution in [3.8, 4) is 5.75 Å². The smallest absolute Gasteiger partial charge is 0.259 e. The highest BCUT2D eigenvalue weighted by molar-refractivity contribution is 6.11. The van der Waals surface area contributed by atoms with E-state index < -0.39 is 0 Å². The molecule has 4 heteroatoms. The number of nitrogens with zero attached hydrogens (tertiary/aromatic N) is 1. The third-order valence-corrected chi connectivity index (χ3v) is 4.55. The summed E-state index contributed by atoms with van der Waals surface area (Å²) >= 11 is 0. The van der Waals surface area contributed by atoms with Gasteiger partial charge in [0.1, 0.15) is 11.6 Å². The summed E-state index contributed by atoms with van der Waals surface area (Å²) in [4.78, 5) is 14.6. The number of rotatable bonds is 3. The summed E-state index contributed by atoms with van der Waals surface area (Å²) in [5.74, 6) is -0.198. The molecule has 0 aliphatic carbocycles. The van der Waals surface area contributed by atoms with Crippen molar-refractivity contribution in [1.82, 2.24) is 0 Å². The minimum Gasteiger partial charge on any atom is -0.508 e. The van der Waals surface area contributed by atoms with Crippen LogP contribution in [0, 0.1) is 5.82 Å². The summed E-state index contributed by atoms with van der Waals surface area (Å²) in [6.45, 7) is 0. The highest BCUT2D eigenvalue weighted by Gasteiger charge is 2.37. The molecule has 1 aliphatic rings. The Bertz CT molecular complexity index is 919. The first-order valence-corrected chi connectivity index (χ1v) is 8.09. The molecule has 25 heavy (non-hydrogen) atoms. The second-order valence-corrected chi connectivity index (χ2v) is 6.13. The molecule has 3 nitrogen and oxygen atoms in total. The molecular formula is C21H16FNO2. The predicted molar refractivity (Wildman–Crippen MR) is 94.2 cm³/mol. The maximum absolute atomic E-state index is 13.3. The van der Waals surface area contributed by atoms with Gasteiger partial charge in [-0.1, -0.05) is 30.3 Å². The zero-order valence-electron chi connectivity index (χ0n) is 13.4. The lowest BCUT2D eigenvalue weighted by molar-refractivity contribution is 0.0991. The van der Waals surface area contributed by atoms with E-state index in [0.29, 0.717) is 17.7 Å². The number of phenolic OH excluding ortho intramolecular Hbond substituents is 1. The van der Waals surface area contributed by atoms with Crippen molar-refractivity contribution in [2.75, 3.05) is 4.90 Å². The van der Waals surface area contributed by atoms with E-state index in [1.807, 2.05) is 36.4 Å². The number of hydrogen-bond acceptors (Lipinski definition) is 2. The first-order valence-electron chi connectivity index (χ1n) is 8.09. The second kappa shape index (κ2) is 6.06. The van der Waals surface area contributed by atoms with Crippen LogP contribution in [0.5, 0.6) is 5.75 Å².